The molecule has 0 aliphatic carbocycles. The lowest BCUT2D eigenvalue weighted by atomic mass is 10.1. The number of aromatic nitrogens is 2. The second-order valence-electron chi connectivity index (χ2n) is 6.10. The number of anilines is 2. The monoisotopic (exact) mass is 391 g/mol. The normalized spacial score (nSPS) is 10.2. The number of carbonyl (C=O) groups excluding carboxylic acids is 1. The molecule has 3 aromatic rings. The molecule has 1 amide bonds. The molecule has 0 fully saturated rings. The van der Waals surface area contributed by atoms with Crippen molar-refractivity contribution in [2.45, 2.75) is 13.3 Å². The molecule has 0 unspecified atom stereocenters. The van der Waals surface area contributed by atoms with Gasteiger partial charge in [0.25, 0.3) is 5.91 Å². The van der Waals surface area contributed by atoms with E-state index in [2.05, 4.69) is 26.7 Å². The summed E-state index contributed by atoms with van der Waals surface area (Å²) >= 11 is 5.89. The molecule has 2 aromatic carbocycles. The summed E-state index contributed by atoms with van der Waals surface area (Å²) < 4.78 is 0. The number of rotatable bonds is 6. The standard InChI is InChI=1S/C21H18ClN5O/c1-14-25-19(21(28)27-18-5-3-2-4-16(18)13-23)12-20(26-14)24-11-10-15-6-8-17(22)9-7-15/h2-9,12H,10-11H2,1H3,(H,27,28)(H,24,25,26). The van der Waals surface area contributed by atoms with Gasteiger partial charge in [-0.3, -0.25) is 4.79 Å². The highest BCUT2D eigenvalue weighted by molar-refractivity contribution is 6.30. The molecule has 0 spiro atoms. The number of nitriles is 1. The number of para-hydroxylation sites is 1. The minimum absolute atomic E-state index is 0.231. The topological polar surface area (TPSA) is 90.7 Å². The average Bonchev–Trinajstić information content (AvgIpc) is 2.69. The third-order valence-corrected chi connectivity index (χ3v) is 4.25. The van der Waals surface area contributed by atoms with Crippen LogP contribution >= 0.6 is 11.6 Å². The molecule has 0 radical (unpaired) electrons. The molecule has 0 atom stereocenters. The summed E-state index contributed by atoms with van der Waals surface area (Å²) in [5.74, 6) is 0.657. The van der Waals surface area contributed by atoms with E-state index in [-0.39, 0.29) is 5.69 Å². The van der Waals surface area contributed by atoms with Crippen molar-refractivity contribution in [3.63, 3.8) is 0 Å². The van der Waals surface area contributed by atoms with Crippen LogP contribution in [-0.2, 0) is 6.42 Å². The van der Waals surface area contributed by atoms with E-state index >= 15 is 0 Å². The fourth-order valence-electron chi connectivity index (χ4n) is 2.64. The van der Waals surface area contributed by atoms with Crippen molar-refractivity contribution in [1.82, 2.24) is 9.97 Å². The third kappa shape index (κ3) is 5.06. The Bertz CT molecular complexity index is 1030. The van der Waals surface area contributed by atoms with Crippen LogP contribution in [0.4, 0.5) is 11.5 Å². The SMILES string of the molecule is Cc1nc(NCCc2ccc(Cl)cc2)cc(C(=O)Nc2ccccc2C#N)n1. The van der Waals surface area contributed by atoms with Crippen LogP contribution in [0.15, 0.2) is 54.6 Å². The zero-order valence-electron chi connectivity index (χ0n) is 15.2. The molecule has 1 heterocycles. The molecule has 0 saturated carbocycles. The van der Waals surface area contributed by atoms with Gasteiger partial charge < -0.3 is 10.6 Å². The molecule has 3 rings (SSSR count). The fourth-order valence-corrected chi connectivity index (χ4v) is 2.76. The van der Waals surface area contributed by atoms with Gasteiger partial charge in [0.2, 0.25) is 0 Å². The highest BCUT2D eigenvalue weighted by atomic mass is 35.5. The minimum Gasteiger partial charge on any atom is -0.370 e. The first kappa shape index (κ1) is 19.3. The van der Waals surface area contributed by atoms with Crippen LogP contribution in [0.1, 0.15) is 27.4 Å². The maximum absolute atomic E-state index is 12.6. The lowest BCUT2D eigenvalue weighted by Crippen LogP contribution is -2.17. The van der Waals surface area contributed by atoms with E-state index < -0.39 is 5.91 Å². The Morgan fingerprint density at radius 3 is 2.64 bits per heavy atom. The number of amides is 1. The van der Waals surface area contributed by atoms with E-state index in [4.69, 9.17) is 16.9 Å². The number of hydrogen-bond donors (Lipinski definition) is 2. The highest BCUT2D eigenvalue weighted by Crippen LogP contribution is 2.16. The minimum atomic E-state index is -0.394. The predicted molar refractivity (Wildman–Crippen MR) is 110 cm³/mol. The van der Waals surface area contributed by atoms with E-state index in [1.54, 1.807) is 37.3 Å². The molecular formula is C21H18ClN5O. The van der Waals surface area contributed by atoms with Crippen molar-refractivity contribution in [2.24, 2.45) is 0 Å². The molecule has 0 saturated heterocycles. The van der Waals surface area contributed by atoms with Gasteiger partial charge in [0.15, 0.2) is 0 Å². The van der Waals surface area contributed by atoms with E-state index in [0.717, 1.165) is 12.0 Å². The molecule has 6 nitrogen and oxygen atoms in total. The fraction of sp³-hybridized carbons (Fsp3) is 0.143. The van der Waals surface area contributed by atoms with Crippen LogP contribution < -0.4 is 10.6 Å². The van der Waals surface area contributed by atoms with Gasteiger partial charge in [-0.15, -0.1) is 0 Å². The van der Waals surface area contributed by atoms with Crippen LogP contribution in [0.3, 0.4) is 0 Å². The number of benzene rings is 2. The number of hydrogen-bond acceptors (Lipinski definition) is 5. The van der Waals surface area contributed by atoms with E-state index in [9.17, 15) is 4.79 Å². The van der Waals surface area contributed by atoms with Crippen molar-refractivity contribution in [2.75, 3.05) is 17.2 Å². The maximum atomic E-state index is 12.6. The van der Waals surface area contributed by atoms with Gasteiger partial charge in [-0.25, -0.2) is 9.97 Å². The van der Waals surface area contributed by atoms with Gasteiger partial charge in [-0.1, -0.05) is 35.9 Å². The summed E-state index contributed by atoms with van der Waals surface area (Å²) in [7, 11) is 0. The molecule has 0 aliphatic heterocycles. The first-order valence-electron chi connectivity index (χ1n) is 8.69. The van der Waals surface area contributed by atoms with Crippen LogP contribution in [0, 0.1) is 18.3 Å². The van der Waals surface area contributed by atoms with E-state index in [1.165, 1.54) is 0 Å². The molecule has 140 valence electrons. The Labute approximate surface area is 168 Å². The summed E-state index contributed by atoms with van der Waals surface area (Å²) in [5.41, 5.74) is 2.22. The molecule has 7 heteroatoms. The molecule has 2 N–H and O–H groups in total. The lowest BCUT2D eigenvalue weighted by molar-refractivity contribution is 0.102. The zero-order chi connectivity index (χ0) is 19.9. The first-order chi connectivity index (χ1) is 13.5. The van der Waals surface area contributed by atoms with Gasteiger partial charge in [-0.2, -0.15) is 5.26 Å². The number of carbonyl (C=O) groups is 1. The van der Waals surface area contributed by atoms with E-state index in [0.29, 0.717) is 34.5 Å². The van der Waals surface area contributed by atoms with Crippen LogP contribution in [-0.4, -0.2) is 22.4 Å². The number of nitrogens with one attached hydrogen (secondary N) is 2. The summed E-state index contributed by atoms with van der Waals surface area (Å²) in [6.07, 6.45) is 0.789. The number of aryl methyl sites for hydroxylation is 1. The molecule has 28 heavy (non-hydrogen) atoms. The van der Waals surface area contributed by atoms with Gasteiger partial charge in [0, 0.05) is 17.6 Å². The van der Waals surface area contributed by atoms with Crippen molar-refractivity contribution in [1.29, 1.82) is 5.26 Å². The maximum Gasteiger partial charge on any atom is 0.274 e. The Morgan fingerprint density at radius 1 is 1.14 bits per heavy atom. The predicted octanol–water partition coefficient (Wildman–Crippen LogP) is 4.22. The summed E-state index contributed by atoms with van der Waals surface area (Å²) in [6.45, 7) is 2.38. The van der Waals surface area contributed by atoms with Gasteiger partial charge in [-0.05, 0) is 43.2 Å². The molecule has 0 bridgehead atoms. The second kappa shape index (κ2) is 8.98. The second-order valence-corrected chi connectivity index (χ2v) is 6.54. The Morgan fingerprint density at radius 2 is 1.89 bits per heavy atom. The number of halogens is 1. The lowest BCUT2D eigenvalue weighted by Gasteiger charge is -2.10. The quantitative estimate of drug-likeness (QED) is 0.656. The third-order valence-electron chi connectivity index (χ3n) is 4.00. The van der Waals surface area contributed by atoms with E-state index in [1.807, 2.05) is 24.3 Å². The highest BCUT2D eigenvalue weighted by Gasteiger charge is 2.12. The molecular weight excluding hydrogens is 374 g/mol. The van der Waals surface area contributed by atoms with Gasteiger partial charge in [0.05, 0.1) is 11.3 Å². The van der Waals surface area contributed by atoms with Crippen LogP contribution in [0.5, 0.6) is 0 Å². The smallest absolute Gasteiger partial charge is 0.274 e. The van der Waals surface area contributed by atoms with Crippen molar-refractivity contribution < 1.29 is 4.79 Å². The summed E-state index contributed by atoms with van der Waals surface area (Å²) in [5, 5.41) is 15.8. The van der Waals surface area contributed by atoms with Crippen molar-refractivity contribution in [3.8, 4) is 6.07 Å². The van der Waals surface area contributed by atoms with Gasteiger partial charge >= 0.3 is 0 Å². The molecule has 1 aromatic heterocycles. The van der Waals surface area contributed by atoms with Crippen LogP contribution in [0.2, 0.25) is 5.02 Å². The van der Waals surface area contributed by atoms with Crippen LogP contribution in [0.25, 0.3) is 0 Å². The zero-order valence-corrected chi connectivity index (χ0v) is 16.0. The van der Waals surface area contributed by atoms with Crippen molar-refractivity contribution in [3.05, 3.63) is 82.3 Å². The van der Waals surface area contributed by atoms with Crippen molar-refractivity contribution >= 4 is 29.0 Å². The summed E-state index contributed by atoms with van der Waals surface area (Å²) in [6, 6.07) is 18.1. The van der Waals surface area contributed by atoms with Gasteiger partial charge in [0.1, 0.15) is 23.4 Å². The number of nitrogens with zero attached hydrogens (tertiary/aromatic N) is 3. The average molecular weight is 392 g/mol. The summed E-state index contributed by atoms with van der Waals surface area (Å²) in [4.78, 5) is 21.1. The first-order valence-corrected chi connectivity index (χ1v) is 9.07. The largest absolute Gasteiger partial charge is 0.370 e. The Kier molecular flexibility index (Phi) is 6.20. The Balaban J connectivity index is 1.67. The molecule has 0 aliphatic rings. The Hall–Kier alpha value is -3.43.